The molecule has 100 valence electrons. The summed E-state index contributed by atoms with van der Waals surface area (Å²) < 4.78 is 25.0. The molecule has 2 aromatic carbocycles. The molecule has 0 bridgehead atoms. The molecule has 2 aromatic rings. The number of hydrogen-bond acceptors (Lipinski definition) is 2. The van der Waals surface area contributed by atoms with E-state index in [-0.39, 0.29) is 0 Å². The van der Waals surface area contributed by atoms with Crippen molar-refractivity contribution in [2.24, 2.45) is 0 Å². The fraction of sp³-hybridized carbons (Fsp3) is 0.200. The second-order valence-corrected chi connectivity index (χ2v) is 6.52. The van der Waals surface area contributed by atoms with Gasteiger partial charge in [-0.15, -0.1) is 0 Å². The van der Waals surface area contributed by atoms with Crippen LogP contribution in [0.4, 0.5) is 5.69 Å². The van der Waals surface area contributed by atoms with Crippen LogP contribution >= 0.6 is 0 Å². The fourth-order valence-corrected chi connectivity index (χ4v) is 2.66. The number of aryl methyl sites for hydroxylation is 2. The van der Waals surface area contributed by atoms with Crippen molar-refractivity contribution in [3.63, 3.8) is 0 Å². The van der Waals surface area contributed by atoms with Crippen molar-refractivity contribution in [2.45, 2.75) is 13.8 Å². The van der Waals surface area contributed by atoms with Crippen molar-refractivity contribution in [3.8, 4) is 11.1 Å². The van der Waals surface area contributed by atoms with Crippen LogP contribution in [0.1, 0.15) is 11.1 Å². The average Bonchev–Trinajstić information content (AvgIpc) is 2.26. The molecule has 0 unspecified atom stereocenters. The van der Waals surface area contributed by atoms with Crippen LogP contribution in [0.5, 0.6) is 0 Å². The summed E-state index contributed by atoms with van der Waals surface area (Å²) in [6.07, 6.45) is 1.15. The molecule has 0 saturated heterocycles. The van der Waals surface area contributed by atoms with Gasteiger partial charge in [0.25, 0.3) is 0 Å². The molecule has 0 fully saturated rings. The minimum atomic E-state index is -3.24. The molecule has 1 N–H and O–H groups in total. The lowest BCUT2D eigenvalue weighted by molar-refractivity contribution is 0.607. The molecule has 0 aromatic heterocycles. The summed E-state index contributed by atoms with van der Waals surface area (Å²) in [7, 11) is -3.24. The molecular weight excluding hydrogens is 258 g/mol. The number of nitrogens with one attached hydrogen (secondary N) is 1. The average molecular weight is 275 g/mol. The van der Waals surface area contributed by atoms with Crippen molar-refractivity contribution < 1.29 is 8.42 Å². The van der Waals surface area contributed by atoms with Gasteiger partial charge in [0, 0.05) is 5.69 Å². The minimum absolute atomic E-state index is 0.583. The maximum atomic E-state index is 11.2. The first kappa shape index (κ1) is 13.6. The molecule has 0 spiro atoms. The Hall–Kier alpha value is -1.81. The predicted octanol–water partition coefficient (Wildman–Crippen LogP) is 3.34. The molecule has 4 heteroatoms. The highest BCUT2D eigenvalue weighted by Crippen LogP contribution is 2.26. The summed E-state index contributed by atoms with van der Waals surface area (Å²) in [4.78, 5) is 0. The monoisotopic (exact) mass is 275 g/mol. The van der Waals surface area contributed by atoms with Gasteiger partial charge in [-0.2, -0.15) is 0 Å². The van der Waals surface area contributed by atoms with Crippen LogP contribution in [0.2, 0.25) is 0 Å². The van der Waals surface area contributed by atoms with E-state index < -0.39 is 10.0 Å². The predicted molar refractivity (Wildman–Crippen MR) is 79.8 cm³/mol. The van der Waals surface area contributed by atoms with Crippen LogP contribution in [-0.2, 0) is 10.0 Å². The smallest absolute Gasteiger partial charge is 0.229 e. The van der Waals surface area contributed by atoms with Crippen molar-refractivity contribution in [3.05, 3.63) is 53.6 Å². The van der Waals surface area contributed by atoms with Crippen LogP contribution < -0.4 is 4.72 Å². The van der Waals surface area contributed by atoms with Crippen LogP contribution in [-0.4, -0.2) is 14.7 Å². The lowest BCUT2D eigenvalue weighted by Gasteiger charge is -2.10. The van der Waals surface area contributed by atoms with E-state index in [0.717, 1.165) is 17.4 Å². The minimum Gasteiger partial charge on any atom is -0.284 e. The number of hydrogen-bond donors (Lipinski definition) is 1. The standard InChI is InChI=1S/C15H17NO2S/c1-11-7-8-15(12(2)9-11)13-5-4-6-14(10-13)16-19(3,17)18/h4-10,16H,1-3H3. The summed E-state index contributed by atoms with van der Waals surface area (Å²) in [5.74, 6) is 0. The van der Waals surface area contributed by atoms with E-state index in [9.17, 15) is 8.42 Å². The third kappa shape index (κ3) is 3.58. The first-order valence-corrected chi connectivity index (χ1v) is 7.90. The number of benzene rings is 2. The van der Waals surface area contributed by atoms with E-state index in [1.165, 1.54) is 11.1 Å². The third-order valence-corrected chi connectivity index (χ3v) is 3.47. The molecule has 3 nitrogen and oxygen atoms in total. The summed E-state index contributed by atoms with van der Waals surface area (Å²) >= 11 is 0. The lowest BCUT2D eigenvalue weighted by atomic mass is 9.98. The zero-order valence-corrected chi connectivity index (χ0v) is 12.1. The van der Waals surface area contributed by atoms with Crippen LogP contribution in [0.25, 0.3) is 11.1 Å². The van der Waals surface area contributed by atoms with E-state index in [1.54, 1.807) is 6.07 Å². The molecule has 0 amide bonds. The molecule has 0 aliphatic heterocycles. The Bertz CT molecular complexity index is 706. The Morgan fingerprint density at radius 1 is 1.00 bits per heavy atom. The SMILES string of the molecule is Cc1ccc(-c2cccc(NS(C)(=O)=O)c2)c(C)c1. The Morgan fingerprint density at radius 3 is 2.37 bits per heavy atom. The molecule has 19 heavy (non-hydrogen) atoms. The third-order valence-electron chi connectivity index (χ3n) is 2.86. The van der Waals surface area contributed by atoms with E-state index in [1.807, 2.05) is 18.2 Å². The van der Waals surface area contributed by atoms with E-state index in [4.69, 9.17) is 0 Å². The number of sulfonamides is 1. The second kappa shape index (κ2) is 5.05. The van der Waals surface area contributed by atoms with Crippen LogP contribution in [0.15, 0.2) is 42.5 Å². The molecule has 0 radical (unpaired) electrons. The first-order chi connectivity index (χ1) is 8.85. The molecule has 0 aliphatic carbocycles. The normalized spacial score (nSPS) is 11.3. The Kier molecular flexibility index (Phi) is 3.62. The van der Waals surface area contributed by atoms with Gasteiger partial charge in [0.15, 0.2) is 0 Å². The summed E-state index contributed by atoms with van der Waals surface area (Å²) in [6.45, 7) is 4.11. The van der Waals surface area contributed by atoms with Crippen molar-refractivity contribution in [2.75, 3.05) is 11.0 Å². The van der Waals surface area contributed by atoms with Gasteiger partial charge in [-0.3, -0.25) is 4.72 Å². The lowest BCUT2D eigenvalue weighted by Crippen LogP contribution is -2.09. The van der Waals surface area contributed by atoms with Crippen LogP contribution in [0, 0.1) is 13.8 Å². The van der Waals surface area contributed by atoms with Gasteiger partial charge in [0.1, 0.15) is 0 Å². The molecule has 0 aliphatic rings. The maximum absolute atomic E-state index is 11.2. The molecule has 0 saturated carbocycles. The fourth-order valence-electron chi connectivity index (χ4n) is 2.10. The van der Waals surface area contributed by atoms with E-state index in [0.29, 0.717) is 5.69 Å². The molecule has 0 atom stereocenters. The van der Waals surface area contributed by atoms with Crippen LogP contribution in [0.3, 0.4) is 0 Å². The maximum Gasteiger partial charge on any atom is 0.229 e. The van der Waals surface area contributed by atoms with Crippen molar-refractivity contribution in [1.29, 1.82) is 0 Å². The molecule has 0 heterocycles. The largest absolute Gasteiger partial charge is 0.284 e. The molecule has 2 rings (SSSR count). The zero-order valence-electron chi connectivity index (χ0n) is 11.3. The van der Waals surface area contributed by atoms with Gasteiger partial charge in [0.05, 0.1) is 6.26 Å². The first-order valence-electron chi connectivity index (χ1n) is 6.01. The number of rotatable bonds is 3. The van der Waals surface area contributed by atoms with E-state index in [2.05, 4.69) is 36.8 Å². The summed E-state index contributed by atoms with van der Waals surface area (Å²) in [5.41, 5.74) is 5.09. The Labute approximate surface area is 114 Å². The summed E-state index contributed by atoms with van der Waals surface area (Å²) in [6, 6.07) is 13.6. The van der Waals surface area contributed by atoms with Gasteiger partial charge in [-0.05, 0) is 42.7 Å². The Balaban J connectivity index is 2.43. The van der Waals surface area contributed by atoms with Gasteiger partial charge < -0.3 is 0 Å². The topological polar surface area (TPSA) is 46.2 Å². The quantitative estimate of drug-likeness (QED) is 0.933. The van der Waals surface area contributed by atoms with Crippen molar-refractivity contribution >= 4 is 15.7 Å². The highest BCUT2D eigenvalue weighted by Gasteiger charge is 2.05. The molecular formula is C15H17NO2S. The van der Waals surface area contributed by atoms with Gasteiger partial charge >= 0.3 is 0 Å². The highest BCUT2D eigenvalue weighted by molar-refractivity contribution is 7.92. The van der Waals surface area contributed by atoms with Crippen molar-refractivity contribution in [1.82, 2.24) is 0 Å². The van der Waals surface area contributed by atoms with Gasteiger partial charge in [-0.25, -0.2) is 8.42 Å². The van der Waals surface area contributed by atoms with Gasteiger partial charge in [0.2, 0.25) is 10.0 Å². The van der Waals surface area contributed by atoms with E-state index >= 15 is 0 Å². The number of anilines is 1. The second-order valence-electron chi connectivity index (χ2n) is 4.77. The Morgan fingerprint density at radius 2 is 1.74 bits per heavy atom. The zero-order chi connectivity index (χ0) is 14.0. The summed E-state index contributed by atoms with van der Waals surface area (Å²) in [5, 5.41) is 0. The highest BCUT2D eigenvalue weighted by atomic mass is 32.2. The van der Waals surface area contributed by atoms with Gasteiger partial charge in [-0.1, -0.05) is 35.9 Å².